The van der Waals surface area contributed by atoms with E-state index >= 15 is 0 Å². The predicted octanol–water partition coefficient (Wildman–Crippen LogP) is 2.34. The standard InChI is InChI=1S/C22H39N3O8/c1-3-15(2)9-5-4-6-11-18(26)23-14-8-7-10-16(20(29)30)24-22(33)25-17(21(31)32)12-13-19(27)28/h15-17H,3-14H2,1-2H3,(H,23,26)(H,27,28)(H,29,30)(H,31,32)(H2,24,25,33)/t15?,16-,17-/m0/s1. The summed E-state index contributed by atoms with van der Waals surface area (Å²) < 4.78 is 0. The lowest BCUT2D eigenvalue weighted by Gasteiger charge is -2.18. The number of nitrogens with one attached hydrogen (secondary N) is 3. The molecule has 0 heterocycles. The second-order valence-corrected chi connectivity index (χ2v) is 8.29. The first kappa shape index (κ1) is 30.1. The normalized spacial score (nSPS) is 13.4. The molecule has 3 amide bonds. The fourth-order valence-corrected chi connectivity index (χ4v) is 3.09. The van der Waals surface area contributed by atoms with Crippen LogP contribution < -0.4 is 16.0 Å². The Morgan fingerprint density at radius 2 is 1.30 bits per heavy atom. The van der Waals surface area contributed by atoms with Gasteiger partial charge in [-0.1, -0.05) is 39.5 Å². The van der Waals surface area contributed by atoms with Crippen molar-refractivity contribution in [2.75, 3.05) is 6.54 Å². The van der Waals surface area contributed by atoms with Gasteiger partial charge in [0.1, 0.15) is 12.1 Å². The zero-order valence-corrected chi connectivity index (χ0v) is 19.6. The van der Waals surface area contributed by atoms with Crippen molar-refractivity contribution in [1.29, 1.82) is 0 Å². The minimum absolute atomic E-state index is 0.0353. The van der Waals surface area contributed by atoms with Crippen LogP contribution in [0.2, 0.25) is 0 Å². The van der Waals surface area contributed by atoms with Crippen LogP contribution in [0.1, 0.15) is 84.5 Å². The van der Waals surface area contributed by atoms with Crippen molar-refractivity contribution in [3.05, 3.63) is 0 Å². The van der Waals surface area contributed by atoms with E-state index in [1.54, 1.807) is 0 Å². The number of carboxylic acids is 3. The quantitative estimate of drug-likeness (QED) is 0.154. The highest BCUT2D eigenvalue weighted by Gasteiger charge is 2.24. The first-order valence-corrected chi connectivity index (χ1v) is 11.6. The van der Waals surface area contributed by atoms with Crippen LogP contribution in [-0.4, -0.2) is 63.8 Å². The topological polar surface area (TPSA) is 182 Å². The van der Waals surface area contributed by atoms with Gasteiger partial charge in [-0.05, 0) is 38.0 Å². The molecule has 6 N–H and O–H groups in total. The molecule has 0 aliphatic heterocycles. The molecule has 0 saturated heterocycles. The summed E-state index contributed by atoms with van der Waals surface area (Å²) in [4.78, 5) is 56.9. The van der Waals surface area contributed by atoms with Crippen LogP contribution in [0, 0.1) is 5.92 Å². The Hall–Kier alpha value is -2.85. The summed E-state index contributed by atoms with van der Waals surface area (Å²) in [5, 5.41) is 34.0. The molecule has 11 heteroatoms. The number of urea groups is 1. The molecule has 11 nitrogen and oxygen atoms in total. The second kappa shape index (κ2) is 17.7. The Bertz CT molecular complexity index is 641. The van der Waals surface area contributed by atoms with Crippen molar-refractivity contribution < 1.29 is 39.3 Å². The Morgan fingerprint density at radius 3 is 1.85 bits per heavy atom. The molecule has 0 saturated carbocycles. The van der Waals surface area contributed by atoms with Crippen LogP contribution in [0.15, 0.2) is 0 Å². The van der Waals surface area contributed by atoms with E-state index in [1.807, 2.05) is 0 Å². The molecule has 0 aliphatic carbocycles. The Morgan fingerprint density at radius 1 is 0.727 bits per heavy atom. The molecular formula is C22H39N3O8. The third-order valence-electron chi connectivity index (χ3n) is 5.39. The van der Waals surface area contributed by atoms with Crippen LogP contribution in [0.3, 0.4) is 0 Å². The number of carboxylic acid groups (broad SMARTS) is 3. The Labute approximate surface area is 194 Å². The highest BCUT2D eigenvalue weighted by atomic mass is 16.4. The van der Waals surface area contributed by atoms with E-state index in [2.05, 4.69) is 29.8 Å². The van der Waals surface area contributed by atoms with Crippen LogP contribution in [-0.2, 0) is 19.2 Å². The molecule has 0 aromatic heterocycles. The highest BCUT2D eigenvalue weighted by molar-refractivity contribution is 5.86. The maximum Gasteiger partial charge on any atom is 0.326 e. The van der Waals surface area contributed by atoms with Crippen LogP contribution >= 0.6 is 0 Å². The van der Waals surface area contributed by atoms with Gasteiger partial charge < -0.3 is 31.3 Å². The largest absolute Gasteiger partial charge is 0.481 e. The molecule has 1 unspecified atom stereocenters. The Kier molecular flexibility index (Phi) is 16.1. The number of carbonyl (C=O) groups is 5. The van der Waals surface area contributed by atoms with E-state index in [9.17, 15) is 29.1 Å². The summed E-state index contributed by atoms with van der Waals surface area (Å²) in [5.74, 6) is -3.22. The number of hydrogen-bond donors (Lipinski definition) is 6. The molecule has 190 valence electrons. The zero-order valence-electron chi connectivity index (χ0n) is 19.6. The molecule has 0 aromatic carbocycles. The summed E-state index contributed by atoms with van der Waals surface area (Å²) in [7, 11) is 0. The molecule has 0 spiro atoms. The smallest absolute Gasteiger partial charge is 0.326 e. The van der Waals surface area contributed by atoms with Gasteiger partial charge in [-0.25, -0.2) is 14.4 Å². The van der Waals surface area contributed by atoms with Gasteiger partial charge in [-0.2, -0.15) is 0 Å². The van der Waals surface area contributed by atoms with Crippen molar-refractivity contribution in [1.82, 2.24) is 16.0 Å². The lowest BCUT2D eigenvalue weighted by molar-refractivity contribution is -0.140. The molecule has 0 aromatic rings. The van der Waals surface area contributed by atoms with Crippen molar-refractivity contribution in [2.24, 2.45) is 5.92 Å². The van der Waals surface area contributed by atoms with Crippen LogP contribution in [0.5, 0.6) is 0 Å². The van der Waals surface area contributed by atoms with E-state index in [-0.39, 0.29) is 18.7 Å². The van der Waals surface area contributed by atoms with Gasteiger partial charge in [0.05, 0.1) is 0 Å². The minimum Gasteiger partial charge on any atom is -0.481 e. The first-order chi connectivity index (χ1) is 15.6. The highest BCUT2D eigenvalue weighted by Crippen LogP contribution is 2.13. The van der Waals surface area contributed by atoms with Gasteiger partial charge in [0, 0.05) is 19.4 Å². The fraction of sp³-hybridized carbons (Fsp3) is 0.773. The molecule has 33 heavy (non-hydrogen) atoms. The van der Waals surface area contributed by atoms with Crippen molar-refractivity contribution >= 4 is 29.8 Å². The van der Waals surface area contributed by atoms with Gasteiger partial charge in [-0.3, -0.25) is 9.59 Å². The monoisotopic (exact) mass is 473 g/mol. The van der Waals surface area contributed by atoms with Crippen molar-refractivity contribution in [2.45, 2.75) is 96.6 Å². The molecule has 3 atom stereocenters. The number of aliphatic carboxylic acids is 3. The van der Waals surface area contributed by atoms with Gasteiger partial charge in [0.15, 0.2) is 0 Å². The Balaban J connectivity index is 4.14. The second-order valence-electron chi connectivity index (χ2n) is 8.29. The molecule has 0 rings (SSSR count). The molecule has 0 fully saturated rings. The lowest BCUT2D eigenvalue weighted by atomic mass is 10.0. The maximum atomic E-state index is 11.9. The third kappa shape index (κ3) is 16.4. The van der Waals surface area contributed by atoms with E-state index in [1.165, 1.54) is 12.8 Å². The number of amides is 3. The van der Waals surface area contributed by atoms with Gasteiger partial charge in [0.25, 0.3) is 0 Å². The molecule has 0 radical (unpaired) electrons. The van der Waals surface area contributed by atoms with E-state index in [0.29, 0.717) is 31.7 Å². The SMILES string of the molecule is CCC(C)CCCCCC(=O)NCCCC[C@H](NC(=O)N[C@@H](CCC(=O)O)C(=O)O)C(=O)O. The van der Waals surface area contributed by atoms with E-state index in [4.69, 9.17) is 10.2 Å². The predicted molar refractivity (Wildman–Crippen MR) is 121 cm³/mol. The summed E-state index contributed by atoms with van der Waals surface area (Å²) in [6.45, 7) is 4.79. The maximum absolute atomic E-state index is 11.9. The molecule has 0 aliphatic rings. The van der Waals surface area contributed by atoms with Gasteiger partial charge >= 0.3 is 23.9 Å². The molecular weight excluding hydrogens is 434 g/mol. The van der Waals surface area contributed by atoms with E-state index < -0.39 is 42.4 Å². The van der Waals surface area contributed by atoms with Gasteiger partial charge in [0.2, 0.25) is 5.91 Å². The fourth-order valence-electron chi connectivity index (χ4n) is 3.09. The number of hydrogen-bond acceptors (Lipinski definition) is 5. The summed E-state index contributed by atoms with van der Waals surface area (Å²) in [5.41, 5.74) is 0. The number of carbonyl (C=O) groups excluding carboxylic acids is 2. The summed E-state index contributed by atoms with van der Waals surface area (Å²) >= 11 is 0. The van der Waals surface area contributed by atoms with Crippen LogP contribution in [0.4, 0.5) is 4.79 Å². The van der Waals surface area contributed by atoms with Crippen molar-refractivity contribution in [3.8, 4) is 0 Å². The van der Waals surface area contributed by atoms with E-state index in [0.717, 1.165) is 19.3 Å². The first-order valence-electron chi connectivity index (χ1n) is 11.6. The number of unbranched alkanes of at least 4 members (excludes halogenated alkanes) is 3. The zero-order chi connectivity index (χ0) is 25.2. The molecule has 0 bridgehead atoms. The summed E-state index contributed by atoms with van der Waals surface area (Å²) in [6, 6.07) is -3.68. The summed E-state index contributed by atoms with van der Waals surface area (Å²) in [6.07, 6.45) is 6.05. The van der Waals surface area contributed by atoms with Gasteiger partial charge in [-0.15, -0.1) is 0 Å². The lowest BCUT2D eigenvalue weighted by Crippen LogP contribution is -2.51. The average molecular weight is 474 g/mol. The van der Waals surface area contributed by atoms with Crippen molar-refractivity contribution in [3.63, 3.8) is 0 Å². The third-order valence-corrected chi connectivity index (χ3v) is 5.39. The van der Waals surface area contributed by atoms with Crippen LogP contribution in [0.25, 0.3) is 0 Å². The number of rotatable bonds is 19. The minimum atomic E-state index is -1.44. The average Bonchev–Trinajstić information content (AvgIpc) is 2.74.